The Bertz CT molecular complexity index is 1120. The fourth-order valence-electron chi connectivity index (χ4n) is 7.17. The molecule has 0 aromatic carbocycles. The smallest absolute Gasteiger partial charge is 0.306 e. The second-order valence-electron chi connectivity index (χ2n) is 17.1. The molecule has 61 heavy (non-hydrogen) atoms. The normalized spacial score (nSPS) is 12.5. The van der Waals surface area contributed by atoms with Crippen LogP contribution in [0.3, 0.4) is 0 Å². The van der Waals surface area contributed by atoms with Gasteiger partial charge in [0.15, 0.2) is 6.10 Å². The summed E-state index contributed by atoms with van der Waals surface area (Å²) in [5, 5.41) is 0. The lowest BCUT2D eigenvalue weighted by Gasteiger charge is -2.18. The van der Waals surface area contributed by atoms with Gasteiger partial charge in [-0.15, -0.1) is 0 Å². The van der Waals surface area contributed by atoms with Crippen molar-refractivity contribution >= 4 is 17.9 Å². The van der Waals surface area contributed by atoms with Gasteiger partial charge in [-0.05, 0) is 64.2 Å². The van der Waals surface area contributed by atoms with E-state index in [4.69, 9.17) is 14.2 Å². The van der Waals surface area contributed by atoms with Crippen molar-refractivity contribution in [2.24, 2.45) is 0 Å². The molecule has 0 saturated carbocycles. The molecule has 352 valence electrons. The van der Waals surface area contributed by atoms with Crippen LogP contribution in [0, 0.1) is 0 Å². The summed E-state index contributed by atoms with van der Waals surface area (Å²) in [4.78, 5) is 37.2. The highest BCUT2D eigenvalue weighted by Crippen LogP contribution is 2.16. The number of hydrogen-bond acceptors (Lipinski definition) is 6. The molecule has 0 bridgehead atoms. The van der Waals surface area contributed by atoms with Gasteiger partial charge in [0, 0.05) is 19.3 Å². The zero-order chi connectivity index (χ0) is 44.4. The number of carbonyl (C=O) groups excluding carboxylic acids is 3. The molecule has 0 fully saturated rings. The number of unbranched alkanes of at least 4 members (excludes halogenated alkanes) is 25. The first-order chi connectivity index (χ1) is 30.0. The van der Waals surface area contributed by atoms with Crippen molar-refractivity contribution in [1.29, 1.82) is 0 Å². The van der Waals surface area contributed by atoms with Crippen LogP contribution in [-0.2, 0) is 28.6 Å². The summed E-state index contributed by atoms with van der Waals surface area (Å²) < 4.78 is 16.5. The molecule has 0 aliphatic rings. The molecule has 0 radical (unpaired) electrons. The molecule has 0 aromatic rings. The summed E-state index contributed by atoms with van der Waals surface area (Å²) in [5.41, 5.74) is 0. The second-order valence-corrected chi connectivity index (χ2v) is 17.1. The third kappa shape index (κ3) is 48.0. The summed E-state index contributed by atoms with van der Waals surface area (Å²) >= 11 is 0. The van der Waals surface area contributed by atoms with Crippen LogP contribution in [0.5, 0.6) is 0 Å². The summed E-state index contributed by atoms with van der Waals surface area (Å²) in [6, 6.07) is 0. The first-order valence-corrected chi connectivity index (χ1v) is 25.8. The zero-order valence-corrected chi connectivity index (χ0v) is 40.2. The minimum atomic E-state index is -0.761. The van der Waals surface area contributed by atoms with E-state index in [0.717, 1.165) is 109 Å². The Balaban J connectivity index is 3.76. The van der Waals surface area contributed by atoms with Crippen molar-refractivity contribution < 1.29 is 28.6 Å². The van der Waals surface area contributed by atoms with Crippen molar-refractivity contribution in [3.05, 3.63) is 60.8 Å². The Kier molecular flexibility index (Phi) is 47.4. The minimum absolute atomic E-state index is 0.0718. The number of carbonyl (C=O) groups is 3. The Morgan fingerprint density at radius 2 is 0.639 bits per heavy atom. The van der Waals surface area contributed by atoms with E-state index in [2.05, 4.69) is 81.5 Å². The summed E-state index contributed by atoms with van der Waals surface area (Å²) in [6.07, 6.45) is 61.7. The Morgan fingerprint density at radius 3 is 1.00 bits per heavy atom. The molecular formula is C55H96O6. The van der Waals surface area contributed by atoms with Crippen LogP contribution in [0.15, 0.2) is 60.8 Å². The average molecular weight is 853 g/mol. The van der Waals surface area contributed by atoms with Gasteiger partial charge in [-0.25, -0.2) is 0 Å². The van der Waals surface area contributed by atoms with Crippen LogP contribution in [0.1, 0.15) is 252 Å². The Morgan fingerprint density at radius 1 is 0.344 bits per heavy atom. The van der Waals surface area contributed by atoms with Crippen molar-refractivity contribution in [3.8, 4) is 0 Å². The Hall–Kier alpha value is -2.89. The van der Waals surface area contributed by atoms with Crippen LogP contribution < -0.4 is 0 Å². The summed E-state index contributed by atoms with van der Waals surface area (Å²) in [6.45, 7) is 6.35. The first-order valence-electron chi connectivity index (χ1n) is 25.8. The number of allylic oxidation sites excluding steroid dienone is 10. The van der Waals surface area contributed by atoms with Gasteiger partial charge in [0.2, 0.25) is 0 Å². The van der Waals surface area contributed by atoms with Crippen LogP contribution >= 0.6 is 0 Å². The largest absolute Gasteiger partial charge is 0.462 e. The molecule has 0 heterocycles. The van der Waals surface area contributed by atoms with Gasteiger partial charge in [-0.2, -0.15) is 0 Å². The van der Waals surface area contributed by atoms with Crippen molar-refractivity contribution in [2.45, 2.75) is 258 Å². The SMILES string of the molecule is CC/C=C\C/C=C\C/C=C\C/C=C\C/C=C\CCCCCCCCCCCCCCCCCCCC(=O)OCC(COC(=O)CCCCCCC)OC(=O)CCCCCCC. The quantitative estimate of drug-likeness (QED) is 0.0263. The molecule has 0 aromatic heterocycles. The molecule has 1 atom stereocenters. The van der Waals surface area contributed by atoms with Crippen molar-refractivity contribution in [2.75, 3.05) is 13.2 Å². The van der Waals surface area contributed by atoms with Crippen molar-refractivity contribution in [3.63, 3.8) is 0 Å². The standard InChI is InChI=1S/C55H96O6/c1-4-7-10-13-14-15-16-17-18-19-20-21-22-23-24-25-26-27-28-29-30-31-32-33-34-35-36-37-38-39-40-43-45-48-54(57)60-51-52(61-55(58)49-46-42-12-9-6-3)50-59-53(56)47-44-41-11-8-5-2/h7,10,14-15,17-18,20-21,23-24,52H,4-6,8-9,11-13,16,19,22,25-51H2,1-3H3/b10-7-,15-14-,18-17-,21-20-,24-23-. The first kappa shape index (κ1) is 58.1. The maximum atomic E-state index is 12.5. The average Bonchev–Trinajstić information content (AvgIpc) is 3.26. The van der Waals surface area contributed by atoms with E-state index in [1.807, 2.05) is 0 Å². The minimum Gasteiger partial charge on any atom is -0.462 e. The molecule has 6 heteroatoms. The van der Waals surface area contributed by atoms with E-state index in [1.54, 1.807) is 0 Å². The molecule has 6 nitrogen and oxygen atoms in total. The topological polar surface area (TPSA) is 78.9 Å². The van der Waals surface area contributed by atoms with Gasteiger partial charge in [0.25, 0.3) is 0 Å². The van der Waals surface area contributed by atoms with E-state index in [-0.39, 0.29) is 31.1 Å². The van der Waals surface area contributed by atoms with E-state index in [9.17, 15) is 14.4 Å². The van der Waals surface area contributed by atoms with Gasteiger partial charge >= 0.3 is 17.9 Å². The Labute approximate surface area is 377 Å². The number of ether oxygens (including phenoxy) is 3. The molecule has 0 N–H and O–H groups in total. The number of hydrogen-bond donors (Lipinski definition) is 0. The molecule has 0 aliphatic heterocycles. The molecule has 0 amide bonds. The predicted octanol–water partition coefficient (Wildman–Crippen LogP) is 16.9. The van der Waals surface area contributed by atoms with Crippen LogP contribution in [0.4, 0.5) is 0 Å². The van der Waals surface area contributed by atoms with Gasteiger partial charge in [-0.1, -0.05) is 229 Å². The van der Waals surface area contributed by atoms with Gasteiger partial charge in [0.1, 0.15) is 13.2 Å². The van der Waals surface area contributed by atoms with E-state index < -0.39 is 6.10 Å². The molecule has 1 unspecified atom stereocenters. The molecule has 0 rings (SSSR count). The second kappa shape index (κ2) is 49.8. The summed E-state index contributed by atoms with van der Waals surface area (Å²) in [7, 11) is 0. The lowest BCUT2D eigenvalue weighted by Crippen LogP contribution is -2.30. The van der Waals surface area contributed by atoms with Crippen LogP contribution in [0.25, 0.3) is 0 Å². The zero-order valence-electron chi connectivity index (χ0n) is 40.2. The molecular weight excluding hydrogens is 757 g/mol. The fraction of sp³-hybridized carbons (Fsp3) is 0.764. The predicted molar refractivity (Wildman–Crippen MR) is 261 cm³/mol. The van der Waals surface area contributed by atoms with Crippen molar-refractivity contribution in [1.82, 2.24) is 0 Å². The highest BCUT2D eigenvalue weighted by atomic mass is 16.6. The highest BCUT2D eigenvalue weighted by Gasteiger charge is 2.19. The monoisotopic (exact) mass is 853 g/mol. The molecule has 0 aliphatic carbocycles. The maximum Gasteiger partial charge on any atom is 0.306 e. The molecule has 0 saturated heterocycles. The van der Waals surface area contributed by atoms with Gasteiger partial charge in [-0.3, -0.25) is 14.4 Å². The summed E-state index contributed by atoms with van der Waals surface area (Å²) in [5.74, 6) is -0.898. The van der Waals surface area contributed by atoms with Crippen LogP contribution in [-0.4, -0.2) is 37.2 Å². The van der Waals surface area contributed by atoms with Gasteiger partial charge in [0.05, 0.1) is 0 Å². The van der Waals surface area contributed by atoms with E-state index >= 15 is 0 Å². The number of rotatable bonds is 46. The highest BCUT2D eigenvalue weighted by molar-refractivity contribution is 5.71. The third-order valence-corrected chi connectivity index (χ3v) is 11.0. The van der Waals surface area contributed by atoms with Gasteiger partial charge < -0.3 is 14.2 Å². The third-order valence-electron chi connectivity index (χ3n) is 11.0. The van der Waals surface area contributed by atoms with E-state index in [0.29, 0.717) is 19.3 Å². The lowest BCUT2D eigenvalue weighted by atomic mass is 10.0. The lowest BCUT2D eigenvalue weighted by molar-refractivity contribution is -0.167. The number of esters is 3. The van der Waals surface area contributed by atoms with Crippen LogP contribution in [0.2, 0.25) is 0 Å². The fourth-order valence-corrected chi connectivity index (χ4v) is 7.17. The molecule has 0 spiro atoms. The maximum absolute atomic E-state index is 12.5. The van der Waals surface area contributed by atoms with E-state index in [1.165, 1.54) is 103 Å².